The van der Waals surface area contributed by atoms with Crippen LogP contribution in [0.1, 0.15) is 28.9 Å². The Bertz CT molecular complexity index is 1080. The van der Waals surface area contributed by atoms with Crippen LogP contribution in [0.15, 0.2) is 65.9 Å². The summed E-state index contributed by atoms with van der Waals surface area (Å²) in [7, 11) is 0. The molecule has 1 aromatic heterocycles. The number of nitrogens with zero attached hydrogens (tertiary/aromatic N) is 2. The molecule has 162 valence electrons. The van der Waals surface area contributed by atoms with Crippen molar-refractivity contribution in [3.8, 4) is 0 Å². The summed E-state index contributed by atoms with van der Waals surface area (Å²) in [6.45, 7) is 2.65. The molecule has 0 bridgehead atoms. The highest BCUT2D eigenvalue weighted by atomic mass is 32.2. The molecule has 0 fully saturated rings. The van der Waals surface area contributed by atoms with Crippen molar-refractivity contribution in [1.82, 2.24) is 10.3 Å². The maximum absolute atomic E-state index is 12.7. The molecular formula is C23H23F3N4S. The first-order chi connectivity index (χ1) is 14.8. The smallest absolute Gasteiger partial charge is 0.361 e. The second-order valence-electron chi connectivity index (χ2n) is 7.73. The number of hydrogen-bond donors (Lipinski definition) is 2. The Morgan fingerprint density at radius 3 is 2.65 bits per heavy atom. The fourth-order valence-electron chi connectivity index (χ4n) is 3.51. The average molecular weight is 445 g/mol. The molecule has 3 aromatic rings. The first-order valence-corrected chi connectivity index (χ1v) is 10.9. The Kier molecular flexibility index (Phi) is 6.20. The van der Waals surface area contributed by atoms with Crippen LogP contribution >= 0.6 is 11.8 Å². The lowest BCUT2D eigenvalue weighted by molar-refractivity contribution is -0.137. The van der Waals surface area contributed by atoms with E-state index in [0.717, 1.165) is 33.6 Å². The summed E-state index contributed by atoms with van der Waals surface area (Å²) in [6.07, 6.45) is -0.209. The number of nitrogens with two attached hydrogens (primary N) is 1. The van der Waals surface area contributed by atoms with Gasteiger partial charge in [-0.1, -0.05) is 36.0 Å². The van der Waals surface area contributed by atoms with E-state index in [1.807, 2.05) is 19.2 Å². The van der Waals surface area contributed by atoms with E-state index in [-0.39, 0.29) is 17.3 Å². The third-order valence-corrected chi connectivity index (χ3v) is 6.61. The van der Waals surface area contributed by atoms with Gasteiger partial charge in [-0.05, 0) is 54.1 Å². The van der Waals surface area contributed by atoms with Crippen LogP contribution in [0, 0.1) is 0 Å². The van der Waals surface area contributed by atoms with Crippen molar-refractivity contribution in [3.05, 3.63) is 77.6 Å². The maximum Gasteiger partial charge on any atom is 0.416 e. The van der Waals surface area contributed by atoms with E-state index < -0.39 is 11.7 Å². The zero-order valence-electron chi connectivity index (χ0n) is 16.9. The van der Waals surface area contributed by atoms with Crippen LogP contribution in [0.3, 0.4) is 0 Å². The summed E-state index contributed by atoms with van der Waals surface area (Å²) in [5, 5.41) is 6.71. The van der Waals surface area contributed by atoms with Crippen LogP contribution in [0.5, 0.6) is 0 Å². The molecule has 0 aliphatic carbocycles. The topological polar surface area (TPSA) is 63.3 Å². The van der Waals surface area contributed by atoms with E-state index in [1.54, 1.807) is 18.0 Å². The van der Waals surface area contributed by atoms with Gasteiger partial charge < -0.3 is 11.1 Å². The van der Waals surface area contributed by atoms with Crippen molar-refractivity contribution in [2.45, 2.75) is 36.9 Å². The largest absolute Gasteiger partial charge is 0.416 e. The van der Waals surface area contributed by atoms with E-state index in [4.69, 9.17) is 5.73 Å². The normalized spacial score (nSPS) is 18.6. The molecule has 3 N–H and O–H groups in total. The molecule has 3 atom stereocenters. The number of amidine groups is 1. The predicted molar refractivity (Wildman–Crippen MR) is 120 cm³/mol. The fraction of sp³-hybridized carbons (Fsp3) is 0.304. The molecule has 0 spiro atoms. The Morgan fingerprint density at radius 2 is 1.90 bits per heavy atom. The first-order valence-electron chi connectivity index (χ1n) is 10.0. The molecule has 1 unspecified atom stereocenters. The van der Waals surface area contributed by atoms with E-state index >= 15 is 0 Å². The number of nitrogens with one attached hydrogen (secondary N) is 1. The van der Waals surface area contributed by atoms with Crippen LogP contribution in [0.2, 0.25) is 0 Å². The summed E-state index contributed by atoms with van der Waals surface area (Å²) in [6, 6.07) is 13.2. The van der Waals surface area contributed by atoms with Gasteiger partial charge in [0.2, 0.25) is 0 Å². The van der Waals surface area contributed by atoms with Gasteiger partial charge in [-0.2, -0.15) is 13.2 Å². The predicted octanol–water partition coefficient (Wildman–Crippen LogP) is 4.95. The lowest BCUT2D eigenvalue weighted by Crippen LogP contribution is -2.45. The second-order valence-corrected chi connectivity index (χ2v) is 8.92. The molecule has 0 saturated carbocycles. The molecule has 4 nitrogen and oxygen atoms in total. The minimum absolute atomic E-state index is 0.0741. The summed E-state index contributed by atoms with van der Waals surface area (Å²) in [5.41, 5.74) is 7.65. The lowest BCUT2D eigenvalue weighted by atomic mass is 10.0. The number of hydrogen-bond acceptors (Lipinski definition) is 5. The molecular weight excluding hydrogens is 421 g/mol. The average Bonchev–Trinajstić information content (AvgIpc) is 3.21. The second kappa shape index (κ2) is 8.88. The summed E-state index contributed by atoms with van der Waals surface area (Å²) < 4.78 is 38.1. The number of thioether (sulfide) groups is 1. The number of benzene rings is 2. The number of aliphatic imine (C=N–C) groups is 1. The highest BCUT2D eigenvalue weighted by Gasteiger charge is 2.30. The van der Waals surface area contributed by atoms with E-state index in [1.165, 1.54) is 17.7 Å². The van der Waals surface area contributed by atoms with Crippen molar-refractivity contribution in [1.29, 1.82) is 0 Å². The first kappa shape index (κ1) is 21.6. The van der Waals surface area contributed by atoms with Crippen LogP contribution < -0.4 is 11.1 Å². The number of halogens is 3. The molecule has 0 saturated heterocycles. The molecule has 1 aliphatic heterocycles. The minimum Gasteiger partial charge on any atom is -0.361 e. The van der Waals surface area contributed by atoms with Gasteiger partial charge in [-0.25, -0.2) is 0 Å². The van der Waals surface area contributed by atoms with Gasteiger partial charge in [0, 0.05) is 29.9 Å². The molecule has 4 rings (SSSR count). The van der Waals surface area contributed by atoms with E-state index in [9.17, 15) is 13.2 Å². The fourth-order valence-corrected chi connectivity index (χ4v) is 4.62. The number of pyridine rings is 1. The van der Waals surface area contributed by atoms with Crippen molar-refractivity contribution in [2.24, 2.45) is 10.7 Å². The summed E-state index contributed by atoms with van der Waals surface area (Å²) in [4.78, 5) is 8.76. The zero-order chi connectivity index (χ0) is 22.0. The van der Waals surface area contributed by atoms with Crippen molar-refractivity contribution in [3.63, 3.8) is 0 Å². The number of fused-ring (bicyclic) bond motifs is 1. The van der Waals surface area contributed by atoms with Crippen molar-refractivity contribution in [2.75, 3.05) is 6.54 Å². The molecule has 0 amide bonds. The zero-order valence-corrected chi connectivity index (χ0v) is 17.8. The summed E-state index contributed by atoms with van der Waals surface area (Å²) in [5.74, 6) is 0. The standard InChI is InChI=1S/C23H23F3N4S/c1-14(20(27)10-15-2-6-19(7-3-15)23(24,25)26)30-22-29-13-21(31-22)17-4-5-18-12-28-9-8-16(18)11-17/h2-9,11-12,14,20-21H,10,13,27H2,1H3,(H,29,30)/t14-,20-,21?/m0/s1. The lowest BCUT2D eigenvalue weighted by Gasteiger charge is -2.22. The van der Waals surface area contributed by atoms with Crippen molar-refractivity contribution < 1.29 is 13.2 Å². The van der Waals surface area contributed by atoms with Crippen LogP contribution in [0.4, 0.5) is 13.2 Å². The number of aromatic nitrogens is 1. The van der Waals surface area contributed by atoms with Crippen LogP contribution in [-0.4, -0.2) is 28.8 Å². The SMILES string of the molecule is C[C@H](NC1=NCC(c2ccc3cnccc3c2)S1)[C@@H](N)Cc1ccc(C(F)(F)F)cc1. The van der Waals surface area contributed by atoms with Gasteiger partial charge in [-0.15, -0.1) is 0 Å². The van der Waals surface area contributed by atoms with E-state index in [2.05, 4.69) is 33.5 Å². The van der Waals surface area contributed by atoms with E-state index in [0.29, 0.717) is 13.0 Å². The Morgan fingerprint density at radius 1 is 1.13 bits per heavy atom. The third kappa shape index (κ3) is 5.19. The minimum atomic E-state index is -4.33. The number of rotatable bonds is 5. The monoisotopic (exact) mass is 444 g/mol. The van der Waals surface area contributed by atoms with Crippen molar-refractivity contribution >= 4 is 27.7 Å². The molecule has 31 heavy (non-hydrogen) atoms. The van der Waals surface area contributed by atoms with Gasteiger partial charge in [0.15, 0.2) is 5.17 Å². The van der Waals surface area contributed by atoms with Crippen LogP contribution in [-0.2, 0) is 12.6 Å². The maximum atomic E-state index is 12.7. The molecule has 0 radical (unpaired) electrons. The highest BCUT2D eigenvalue weighted by molar-refractivity contribution is 8.14. The summed E-state index contributed by atoms with van der Waals surface area (Å²) >= 11 is 1.67. The highest BCUT2D eigenvalue weighted by Crippen LogP contribution is 2.36. The van der Waals surface area contributed by atoms with Gasteiger partial charge in [0.05, 0.1) is 17.4 Å². The quantitative estimate of drug-likeness (QED) is 0.585. The van der Waals surface area contributed by atoms with Gasteiger partial charge >= 0.3 is 6.18 Å². The Balaban J connectivity index is 1.32. The Hall–Kier alpha value is -2.58. The molecule has 2 aromatic carbocycles. The molecule has 2 heterocycles. The number of alkyl halides is 3. The van der Waals surface area contributed by atoms with Gasteiger partial charge in [0.25, 0.3) is 0 Å². The molecule has 8 heteroatoms. The third-order valence-electron chi connectivity index (χ3n) is 5.44. The van der Waals surface area contributed by atoms with Crippen LogP contribution in [0.25, 0.3) is 10.8 Å². The Labute approximate surface area is 183 Å². The van der Waals surface area contributed by atoms with Gasteiger partial charge in [-0.3, -0.25) is 9.98 Å². The van der Waals surface area contributed by atoms with Gasteiger partial charge in [0.1, 0.15) is 0 Å². The molecule has 1 aliphatic rings.